The molecule has 1 aliphatic heterocycles. The summed E-state index contributed by atoms with van der Waals surface area (Å²) >= 11 is 3.50. The predicted octanol–water partition coefficient (Wildman–Crippen LogP) is 5.15. The zero-order chi connectivity index (χ0) is 26.3. The minimum atomic E-state index is -0.314. The lowest BCUT2D eigenvalue weighted by Crippen LogP contribution is -2.53. The van der Waals surface area contributed by atoms with Crippen molar-refractivity contribution in [2.45, 2.75) is 19.0 Å². The Labute approximate surface area is 221 Å². The zero-order valence-electron chi connectivity index (χ0n) is 20.3. The van der Waals surface area contributed by atoms with E-state index in [-0.39, 0.29) is 35.0 Å². The Hall–Kier alpha value is -3.61. The van der Waals surface area contributed by atoms with Gasteiger partial charge >= 0.3 is 0 Å². The number of nitriles is 1. The number of hydrogen-bond acceptors (Lipinski definition) is 5. The van der Waals surface area contributed by atoms with Gasteiger partial charge in [0.1, 0.15) is 33.4 Å². The maximum atomic E-state index is 13.7. The maximum absolute atomic E-state index is 13.7. The number of nitrogens with zero attached hydrogens (tertiary/aromatic N) is 5. The van der Waals surface area contributed by atoms with Crippen LogP contribution in [-0.2, 0) is 7.05 Å². The van der Waals surface area contributed by atoms with Crippen molar-refractivity contribution in [2.24, 2.45) is 7.05 Å². The molecule has 0 bridgehead atoms. The van der Waals surface area contributed by atoms with Crippen LogP contribution in [0.15, 0.2) is 69.9 Å². The van der Waals surface area contributed by atoms with Crippen LogP contribution < -0.4 is 10.5 Å². The first-order chi connectivity index (χ1) is 17.8. The minimum absolute atomic E-state index is 0.0130. The van der Waals surface area contributed by atoms with Gasteiger partial charge in [-0.15, -0.1) is 0 Å². The Morgan fingerprint density at radius 1 is 1.00 bits per heavy atom. The van der Waals surface area contributed by atoms with Crippen molar-refractivity contribution in [2.75, 3.05) is 24.5 Å². The fraction of sp³-hybridized carbons (Fsp3) is 0.250. The maximum Gasteiger partial charge on any atom is 0.267 e. The monoisotopic (exact) mass is 563 g/mol. The molecular weight excluding hydrogens is 540 g/mol. The molecule has 0 radical (unpaired) electrons. The second-order valence-corrected chi connectivity index (χ2v) is 10.0. The summed E-state index contributed by atoms with van der Waals surface area (Å²) in [6.07, 6.45) is 0. The van der Waals surface area contributed by atoms with E-state index in [4.69, 9.17) is 0 Å². The molecule has 9 heteroatoms. The summed E-state index contributed by atoms with van der Waals surface area (Å²) in [5, 5.41) is 9.42. The summed E-state index contributed by atoms with van der Waals surface area (Å²) in [7, 11) is 1.68. The third kappa shape index (κ3) is 4.63. The fourth-order valence-electron chi connectivity index (χ4n) is 5.13. The van der Waals surface area contributed by atoms with Crippen molar-refractivity contribution in [3.05, 3.63) is 104 Å². The number of aryl methyl sites for hydroxylation is 1. The van der Waals surface area contributed by atoms with Crippen molar-refractivity contribution in [1.29, 1.82) is 5.26 Å². The van der Waals surface area contributed by atoms with Gasteiger partial charge in [-0.05, 0) is 70.4 Å². The highest BCUT2D eigenvalue weighted by atomic mass is 79.9. The average Bonchev–Trinajstić information content (AvgIpc) is 2.90. The normalized spacial score (nSPS) is 16.4. The second-order valence-electron chi connectivity index (χ2n) is 9.24. The smallest absolute Gasteiger partial charge is 0.267 e. The molecule has 1 unspecified atom stereocenters. The first-order valence-corrected chi connectivity index (χ1v) is 12.7. The lowest BCUT2D eigenvalue weighted by atomic mass is 9.94. The molecule has 0 spiro atoms. The molecule has 2 aromatic heterocycles. The van der Waals surface area contributed by atoms with Crippen LogP contribution in [0.5, 0.6) is 0 Å². The van der Waals surface area contributed by atoms with Crippen LogP contribution in [0.25, 0.3) is 11.0 Å². The number of fused-ring (bicyclic) bond motifs is 1. The molecule has 0 N–H and O–H groups in total. The van der Waals surface area contributed by atoms with Gasteiger partial charge in [-0.3, -0.25) is 9.69 Å². The fourth-order valence-corrected chi connectivity index (χ4v) is 5.84. The molecule has 0 amide bonds. The van der Waals surface area contributed by atoms with E-state index in [0.29, 0.717) is 40.8 Å². The Kier molecular flexibility index (Phi) is 6.80. The number of aromatic nitrogens is 2. The van der Waals surface area contributed by atoms with Gasteiger partial charge in [0.2, 0.25) is 0 Å². The first-order valence-electron chi connectivity index (χ1n) is 11.9. The number of hydrogen-bond donors (Lipinski definition) is 0. The third-order valence-corrected chi connectivity index (χ3v) is 7.69. The highest BCUT2D eigenvalue weighted by Crippen LogP contribution is 2.36. The van der Waals surface area contributed by atoms with Crippen molar-refractivity contribution in [3.8, 4) is 6.07 Å². The van der Waals surface area contributed by atoms with Gasteiger partial charge in [0, 0.05) is 32.7 Å². The van der Waals surface area contributed by atoms with Crippen molar-refractivity contribution in [3.63, 3.8) is 0 Å². The Morgan fingerprint density at radius 2 is 1.59 bits per heavy atom. The van der Waals surface area contributed by atoms with Gasteiger partial charge in [-0.1, -0.05) is 24.3 Å². The van der Waals surface area contributed by atoms with E-state index in [1.54, 1.807) is 43.4 Å². The summed E-state index contributed by atoms with van der Waals surface area (Å²) in [5.41, 5.74) is 3.82. The molecule has 1 fully saturated rings. The summed E-state index contributed by atoms with van der Waals surface area (Å²) in [5.74, 6) is -0.628. The largest absolute Gasteiger partial charge is 0.366 e. The lowest BCUT2D eigenvalue weighted by molar-refractivity contribution is 0.150. The van der Waals surface area contributed by atoms with E-state index in [1.807, 2.05) is 0 Å². The molecule has 1 saturated heterocycles. The lowest BCUT2D eigenvalue weighted by Gasteiger charge is -2.45. The SMILES string of the molecule is CC1CN(c2c(Br)c(=O)n(C)c3ccc(C#N)nc23)CCN1C(c1ccc(F)cc1)c1ccc(F)cc1. The van der Waals surface area contributed by atoms with Crippen molar-refractivity contribution < 1.29 is 8.78 Å². The van der Waals surface area contributed by atoms with E-state index < -0.39 is 0 Å². The average molecular weight is 564 g/mol. The van der Waals surface area contributed by atoms with Crippen LogP contribution >= 0.6 is 15.9 Å². The molecule has 0 saturated carbocycles. The van der Waals surface area contributed by atoms with Crippen LogP contribution in [0.2, 0.25) is 0 Å². The first kappa shape index (κ1) is 25.1. The number of halogens is 3. The Morgan fingerprint density at radius 3 is 2.14 bits per heavy atom. The predicted molar refractivity (Wildman–Crippen MR) is 142 cm³/mol. The summed E-state index contributed by atoms with van der Waals surface area (Å²) in [6.45, 7) is 3.89. The Bertz CT molecular complexity index is 1520. The molecular formula is C28H24BrF2N5O. The van der Waals surface area contributed by atoms with Crippen molar-refractivity contribution >= 4 is 32.7 Å². The summed E-state index contributed by atoms with van der Waals surface area (Å²) in [4.78, 5) is 22.0. The number of rotatable bonds is 4. The molecule has 1 atom stereocenters. The Balaban J connectivity index is 1.54. The molecule has 188 valence electrons. The van der Waals surface area contributed by atoms with Gasteiger partial charge < -0.3 is 9.47 Å². The number of piperazine rings is 1. The minimum Gasteiger partial charge on any atom is -0.366 e. The highest BCUT2D eigenvalue weighted by molar-refractivity contribution is 9.10. The van der Waals surface area contributed by atoms with Crippen LogP contribution in [0.3, 0.4) is 0 Å². The van der Waals surface area contributed by atoms with Gasteiger partial charge in [0.05, 0.1) is 17.2 Å². The van der Waals surface area contributed by atoms with E-state index in [1.165, 1.54) is 28.8 Å². The standard InChI is InChI=1S/C28H24BrF2N5O/c1-17-16-35(27-24(29)28(37)34(2)23-12-11-22(15-32)33-25(23)27)13-14-36(17)26(18-3-7-20(30)8-4-18)19-5-9-21(31)10-6-19/h3-12,17,26H,13-14,16H2,1-2H3. The van der Waals surface area contributed by atoms with Crippen LogP contribution in [0.4, 0.5) is 14.5 Å². The van der Waals surface area contributed by atoms with Crippen LogP contribution in [-0.4, -0.2) is 40.1 Å². The van der Waals surface area contributed by atoms with E-state index in [0.717, 1.165) is 11.1 Å². The van der Waals surface area contributed by atoms with Crippen LogP contribution in [0, 0.1) is 23.0 Å². The molecule has 5 rings (SSSR count). The summed E-state index contributed by atoms with van der Waals surface area (Å²) < 4.78 is 29.4. The number of benzene rings is 2. The molecule has 2 aromatic carbocycles. The molecule has 1 aliphatic rings. The molecule has 0 aliphatic carbocycles. The van der Waals surface area contributed by atoms with E-state index in [9.17, 15) is 18.8 Å². The van der Waals surface area contributed by atoms with E-state index >= 15 is 0 Å². The molecule has 6 nitrogen and oxygen atoms in total. The van der Waals surface area contributed by atoms with Gasteiger partial charge in [-0.2, -0.15) is 5.26 Å². The van der Waals surface area contributed by atoms with Gasteiger partial charge in [0.15, 0.2) is 0 Å². The molecule has 37 heavy (non-hydrogen) atoms. The van der Waals surface area contributed by atoms with E-state index in [2.05, 4.69) is 43.7 Å². The number of anilines is 1. The van der Waals surface area contributed by atoms with Gasteiger partial charge in [0.25, 0.3) is 5.56 Å². The molecule has 4 aromatic rings. The van der Waals surface area contributed by atoms with Crippen LogP contribution in [0.1, 0.15) is 29.8 Å². The van der Waals surface area contributed by atoms with Gasteiger partial charge in [-0.25, -0.2) is 13.8 Å². The third-order valence-electron chi connectivity index (χ3n) is 6.97. The quantitative estimate of drug-likeness (QED) is 0.343. The highest BCUT2D eigenvalue weighted by Gasteiger charge is 2.33. The second kappa shape index (κ2) is 10.0. The summed E-state index contributed by atoms with van der Waals surface area (Å²) in [6, 6.07) is 18.1. The van der Waals surface area contributed by atoms with Crippen molar-refractivity contribution in [1.82, 2.24) is 14.5 Å². The zero-order valence-corrected chi connectivity index (χ0v) is 21.9. The molecule has 3 heterocycles. The topological polar surface area (TPSA) is 65.2 Å². The number of pyridine rings is 2.